The van der Waals surface area contributed by atoms with Crippen molar-refractivity contribution in [3.8, 4) is 6.19 Å². The number of thioether (sulfide) groups is 1. The average molecular weight is 357 g/mol. The first-order valence-electron chi connectivity index (χ1n) is 4.12. The number of nitrogens with zero attached hydrogens (tertiary/aromatic N) is 2. The minimum Gasteiger partial charge on any atom is -0.271 e. The van der Waals surface area contributed by atoms with Crippen molar-refractivity contribution in [2.45, 2.75) is 0 Å². The highest BCUT2D eigenvalue weighted by atomic mass is 79.9. The lowest BCUT2D eigenvalue weighted by Gasteiger charge is -2.06. The molecule has 90 valence electrons. The van der Waals surface area contributed by atoms with Gasteiger partial charge in [0.1, 0.15) is 5.69 Å². The van der Waals surface area contributed by atoms with E-state index in [0.717, 1.165) is 0 Å². The van der Waals surface area contributed by atoms with Crippen LogP contribution in [0.3, 0.4) is 0 Å². The Kier molecular flexibility index (Phi) is 5.53. The Labute approximate surface area is 120 Å². The minimum absolute atomic E-state index is 0.00787. The standard InChI is InChI=1S/C9H5BrCl2FN3S/c1-17-9(15-3-14)16-8-4(10)2-5(11)6(12)7(8)13/h2H,1H3,(H,15,16). The van der Waals surface area contributed by atoms with Gasteiger partial charge in [0, 0.05) is 4.47 Å². The SMILES string of the molecule is CSC(=Nc1c(Br)cc(Cl)c(Cl)c1F)NC#N. The van der Waals surface area contributed by atoms with Gasteiger partial charge in [-0.25, -0.2) is 9.38 Å². The molecule has 8 heteroatoms. The number of benzene rings is 1. The summed E-state index contributed by atoms with van der Waals surface area (Å²) in [6.07, 6.45) is 3.41. The Morgan fingerprint density at radius 3 is 2.82 bits per heavy atom. The molecule has 0 amide bonds. The lowest BCUT2D eigenvalue weighted by Crippen LogP contribution is -2.12. The van der Waals surface area contributed by atoms with E-state index in [1.807, 2.05) is 0 Å². The summed E-state index contributed by atoms with van der Waals surface area (Å²) in [7, 11) is 0. The van der Waals surface area contributed by atoms with Crippen LogP contribution in [0.5, 0.6) is 0 Å². The number of nitrogens with one attached hydrogen (secondary N) is 1. The predicted molar refractivity (Wildman–Crippen MR) is 73.5 cm³/mol. The first-order chi connectivity index (χ1) is 8.01. The fourth-order valence-corrected chi connectivity index (χ4v) is 2.22. The predicted octanol–water partition coefficient (Wildman–Crippen LogP) is 4.32. The van der Waals surface area contributed by atoms with E-state index in [9.17, 15) is 4.39 Å². The second-order valence-corrected chi connectivity index (χ2v) is 5.11. The molecule has 0 radical (unpaired) electrons. The van der Waals surface area contributed by atoms with Crippen molar-refractivity contribution in [3.63, 3.8) is 0 Å². The number of rotatable bonds is 1. The third-order valence-corrected chi connectivity index (χ3v) is 3.61. The van der Waals surface area contributed by atoms with Crippen molar-refractivity contribution in [1.82, 2.24) is 5.32 Å². The Balaban J connectivity index is 3.33. The maximum atomic E-state index is 13.8. The van der Waals surface area contributed by atoms with Crippen LogP contribution in [0, 0.1) is 17.3 Å². The first-order valence-corrected chi connectivity index (χ1v) is 6.89. The minimum atomic E-state index is -0.739. The Hall–Kier alpha value is -0.480. The molecule has 0 aliphatic rings. The van der Waals surface area contributed by atoms with Crippen molar-refractivity contribution >= 4 is 61.7 Å². The van der Waals surface area contributed by atoms with Crippen LogP contribution in [-0.4, -0.2) is 11.4 Å². The Morgan fingerprint density at radius 2 is 2.29 bits per heavy atom. The number of nitriles is 1. The van der Waals surface area contributed by atoms with E-state index in [0.29, 0.717) is 4.47 Å². The third kappa shape index (κ3) is 3.49. The molecule has 3 nitrogen and oxygen atoms in total. The lowest BCUT2D eigenvalue weighted by atomic mass is 10.3. The highest BCUT2D eigenvalue weighted by Gasteiger charge is 2.15. The number of hydrogen-bond donors (Lipinski definition) is 1. The molecule has 0 aromatic heterocycles. The fraction of sp³-hybridized carbons (Fsp3) is 0.111. The highest BCUT2D eigenvalue weighted by molar-refractivity contribution is 9.10. The van der Waals surface area contributed by atoms with E-state index < -0.39 is 5.82 Å². The van der Waals surface area contributed by atoms with Crippen LogP contribution in [0.2, 0.25) is 10.0 Å². The molecule has 0 fully saturated rings. The Bertz CT molecular complexity index is 516. The zero-order chi connectivity index (χ0) is 13.0. The van der Waals surface area contributed by atoms with Crippen LogP contribution in [-0.2, 0) is 0 Å². The molecule has 0 atom stereocenters. The van der Waals surface area contributed by atoms with Crippen LogP contribution in [0.25, 0.3) is 0 Å². The molecule has 0 saturated carbocycles. The molecule has 0 spiro atoms. The van der Waals surface area contributed by atoms with Gasteiger partial charge in [0.25, 0.3) is 0 Å². The molecular formula is C9H5BrCl2FN3S. The maximum absolute atomic E-state index is 13.8. The Morgan fingerprint density at radius 1 is 1.65 bits per heavy atom. The van der Waals surface area contributed by atoms with Crippen LogP contribution < -0.4 is 5.32 Å². The van der Waals surface area contributed by atoms with Gasteiger partial charge in [0.05, 0.1) is 10.0 Å². The number of halogens is 4. The molecule has 0 aliphatic heterocycles. The summed E-state index contributed by atoms with van der Waals surface area (Å²) in [4.78, 5) is 3.95. The number of aliphatic imine (C=N–C) groups is 1. The fourth-order valence-electron chi connectivity index (χ4n) is 0.933. The van der Waals surface area contributed by atoms with E-state index in [1.54, 1.807) is 12.4 Å². The monoisotopic (exact) mass is 355 g/mol. The zero-order valence-corrected chi connectivity index (χ0v) is 12.3. The second-order valence-electron chi connectivity index (χ2n) is 2.67. The van der Waals surface area contributed by atoms with Crippen molar-refractivity contribution in [2.24, 2.45) is 4.99 Å². The van der Waals surface area contributed by atoms with Gasteiger partial charge < -0.3 is 0 Å². The molecule has 0 bridgehead atoms. The maximum Gasteiger partial charge on any atom is 0.183 e. The summed E-state index contributed by atoms with van der Waals surface area (Å²) < 4.78 is 14.1. The van der Waals surface area contributed by atoms with Crippen LogP contribution in [0.4, 0.5) is 10.1 Å². The molecule has 17 heavy (non-hydrogen) atoms. The molecule has 0 saturated heterocycles. The molecule has 1 N–H and O–H groups in total. The topological polar surface area (TPSA) is 48.2 Å². The van der Waals surface area contributed by atoms with Crippen molar-refractivity contribution in [3.05, 3.63) is 26.4 Å². The normalized spacial score (nSPS) is 11.2. The average Bonchev–Trinajstić information content (AvgIpc) is 2.30. The first kappa shape index (κ1) is 14.6. The summed E-state index contributed by atoms with van der Waals surface area (Å²) in [6, 6.07) is 1.44. The van der Waals surface area contributed by atoms with Crippen molar-refractivity contribution in [2.75, 3.05) is 6.26 Å². The number of amidine groups is 1. The highest BCUT2D eigenvalue weighted by Crippen LogP contribution is 2.38. The van der Waals surface area contributed by atoms with Gasteiger partial charge in [-0.2, -0.15) is 5.26 Å². The van der Waals surface area contributed by atoms with E-state index in [2.05, 4.69) is 26.2 Å². The quantitative estimate of drug-likeness (QED) is 0.203. The second kappa shape index (κ2) is 6.45. The summed E-state index contributed by atoms with van der Waals surface area (Å²) >= 11 is 15.7. The summed E-state index contributed by atoms with van der Waals surface area (Å²) in [5, 5.41) is 10.9. The smallest absolute Gasteiger partial charge is 0.183 e. The number of hydrogen-bond acceptors (Lipinski definition) is 3. The van der Waals surface area contributed by atoms with Gasteiger partial charge >= 0.3 is 0 Å². The van der Waals surface area contributed by atoms with Crippen LogP contribution in [0.15, 0.2) is 15.5 Å². The van der Waals surface area contributed by atoms with E-state index in [-0.39, 0.29) is 20.9 Å². The van der Waals surface area contributed by atoms with Gasteiger partial charge in [-0.15, -0.1) is 0 Å². The molecule has 0 unspecified atom stereocenters. The van der Waals surface area contributed by atoms with Gasteiger partial charge in [-0.1, -0.05) is 35.0 Å². The molecule has 1 aromatic rings. The van der Waals surface area contributed by atoms with Gasteiger partial charge in [-0.05, 0) is 28.3 Å². The summed E-state index contributed by atoms with van der Waals surface area (Å²) in [5.74, 6) is -0.739. The van der Waals surface area contributed by atoms with Gasteiger partial charge in [0.2, 0.25) is 0 Å². The molecule has 1 aromatic carbocycles. The zero-order valence-electron chi connectivity index (χ0n) is 8.39. The van der Waals surface area contributed by atoms with Crippen molar-refractivity contribution in [1.29, 1.82) is 5.26 Å². The molecule has 1 rings (SSSR count). The summed E-state index contributed by atoms with van der Waals surface area (Å²) in [6.45, 7) is 0. The lowest BCUT2D eigenvalue weighted by molar-refractivity contribution is 0.629. The van der Waals surface area contributed by atoms with E-state index in [4.69, 9.17) is 28.5 Å². The van der Waals surface area contributed by atoms with Crippen LogP contribution in [0.1, 0.15) is 0 Å². The van der Waals surface area contributed by atoms with Crippen molar-refractivity contribution < 1.29 is 4.39 Å². The molecular weight excluding hydrogens is 352 g/mol. The van der Waals surface area contributed by atoms with E-state index >= 15 is 0 Å². The third-order valence-electron chi connectivity index (χ3n) is 1.66. The molecule has 0 aliphatic carbocycles. The molecule has 0 heterocycles. The summed E-state index contributed by atoms with van der Waals surface area (Å²) in [5.41, 5.74) is -0.00787. The van der Waals surface area contributed by atoms with Gasteiger partial charge in [-0.3, -0.25) is 5.32 Å². The van der Waals surface area contributed by atoms with Gasteiger partial charge in [0.15, 0.2) is 17.2 Å². The largest absolute Gasteiger partial charge is 0.271 e. The van der Waals surface area contributed by atoms with Crippen LogP contribution >= 0.6 is 50.9 Å². The van der Waals surface area contributed by atoms with E-state index in [1.165, 1.54) is 17.8 Å².